The highest BCUT2D eigenvalue weighted by molar-refractivity contribution is 5.76. The van der Waals surface area contributed by atoms with E-state index in [2.05, 4.69) is 0 Å². The van der Waals surface area contributed by atoms with E-state index in [1.165, 1.54) is 19.3 Å². The van der Waals surface area contributed by atoms with Gasteiger partial charge in [0.25, 0.3) is 0 Å². The molecule has 0 heterocycles. The Morgan fingerprint density at radius 2 is 1.81 bits per heavy atom. The second-order valence-electron chi connectivity index (χ2n) is 6.19. The molecule has 0 aromatic rings. The zero-order valence-corrected chi connectivity index (χ0v) is 9.56. The highest BCUT2D eigenvalue weighted by Gasteiger charge is 2.60. The first-order valence-corrected chi connectivity index (χ1v) is 6.50. The average Bonchev–Trinajstić information content (AvgIpc) is 2.22. The third-order valence-corrected chi connectivity index (χ3v) is 5.39. The van der Waals surface area contributed by atoms with Crippen LogP contribution in [-0.4, -0.2) is 22.8 Å². The fourth-order valence-corrected chi connectivity index (χ4v) is 5.13. The molecule has 3 nitrogen and oxygen atoms in total. The number of carboxylic acid groups (broad SMARTS) is 1. The lowest BCUT2D eigenvalue weighted by atomic mass is 9.44. The van der Waals surface area contributed by atoms with E-state index in [1.54, 1.807) is 0 Å². The lowest BCUT2D eigenvalue weighted by Crippen LogP contribution is -2.56. The second-order valence-corrected chi connectivity index (χ2v) is 6.19. The molecule has 4 aliphatic rings. The first kappa shape index (κ1) is 10.6. The monoisotopic (exact) mass is 224 g/mol. The van der Waals surface area contributed by atoms with Gasteiger partial charge in [0.1, 0.15) is 0 Å². The molecule has 0 aromatic carbocycles. The standard InChI is InChI=1S/C13H20O3/c14-2-1-11-10-4-8-3-9(5-10)7-13(11,6-8)12(15)16/h8-11,14H,1-7H2,(H,15,16). The van der Waals surface area contributed by atoms with Gasteiger partial charge < -0.3 is 10.2 Å². The summed E-state index contributed by atoms with van der Waals surface area (Å²) in [7, 11) is 0. The normalized spacial score (nSPS) is 49.6. The molecule has 4 fully saturated rings. The molecule has 0 spiro atoms. The molecule has 3 heteroatoms. The predicted octanol–water partition coefficient (Wildman–Crippen LogP) is 1.90. The molecule has 90 valence electrons. The van der Waals surface area contributed by atoms with Gasteiger partial charge in [-0.1, -0.05) is 0 Å². The van der Waals surface area contributed by atoms with Gasteiger partial charge in [-0.05, 0) is 62.2 Å². The number of hydrogen-bond donors (Lipinski definition) is 2. The van der Waals surface area contributed by atoms with Crippen LogP contribution in [-0.2, 0) is 4.79 Å². The van der Waals surface area contributed by atoms with Gasteiger partial charge in [0.2, 0.25) is 0 Å². The summed E-state index contributed by atoms with van der Waals surface area (Å²) in [6.07, 6.45) is 6.14. The summed E-state index contributed by atoms with van der Waals surface area (Å²) in [6, 6.07) is 0. The fourth-order valence-electron chi connectivity index (χ4n) is 5.13. The molecule has 0 saturated heterocycles. The van der Waals surface area contributed by atoms with Crippen molar-refractivity contribution < 1.29 is 15.0 Å². The van der Waals surface area contributed by atoms with Crippen molar-refractivity contribution in [3.63, 3.8) is 0 Å². The second kappa shape index (κ2) is 3.46. The molecular weight excluding hydrogens is 204 g/mol. The number of aliphatic carboxylic acids is 1. The van der Waals surface area contributed by atoms with Crippen LogP contribution in [0, 0.1) is 29.1 Å². The zero-order chi connectivity index (χ0) is 11.3. The van der Waals surface area contributed by atoms with Crippen molar-refractivity contribution in [3.8, 4) is 0 Å². The summed E-state index contributed by atoms with van der Waals surface area (Å²) in [6.45, 7) is 0.144. The van der Waals surface area contributed by atoms with Crippen LogP contribution in [0.25, 0.3) is 0 Å². The first-order chi connectivity index (χ1) is 7.65. The largest absolute Gasteiger partial charge is 0.481 e. The minimum absolute atomic E-state index is 0.144. The lowest BCUT2D eigenvalue weighted by molar-refractivity contribution is -0.179. The van der Waals surface area contributed by atoms with Crippen molar-refractivity contribution in [2.45, 2.75) is 38.5 Å². The molecular formula is C13H20O3. The molecule has 0 aliphatic heterocycles. The van der Waals surface area contributed by atoms with E-state index in [1.807, 2.05) is 0 Å². The van der Waals surface area contributed by atoms with Crippen LogP contribution in [0.4, 0.5) is 0 Å². The van der Waals surface area contributed by atoms with E-state index in [0.29, 0.717) is 24.2 Å². The maximum Gasteiger partial charge on any atom is 0.309 e. The number of rotatable bonds is 3. The number of aliphatic hydroxyl groups excluding tert-OH is 1. The molecule has 3 atom stereocenters. The van der Waals surface area contributed by atoms with E-state index < -0.39 is 11.4 Å². The summed E-state index contributed by atoms with van der Waals surface area (Å²) in [5, 5.41) is 18.7. The number of aliphatic hydroxyl groups is 1. The van der Waals surface area contributed by atoms with Crippen LogP contribution in [0.15, 0.2) is 0 Å². The Morgan fingerprint density at radius 1 is 1.19 bits per heavy atom. The Hall–Kier alpha value is -0.570. The third-order valence-electron chi connectivity index (χ3n) is 5.39. The molecule has 0 radical (unpaired) electrons. The van der Waals surface area contributed by atoms with Gasteiger partial charge in [-0.25, -0.2) is 0 Å². The molecule has 16 heavy (non-hydrogen) atoms. The van der Waals surface area contributed by atoms with Crippen LogP contribution in [0.3, 0.4) is 0 Å². The third kappa shape index (κ3) is 1.27. The molecule has 3 unspecified atom stereocenters. The van der Waals surface area contributed by atoms with Crippen LogP contribution in [0.2, 0.25) is 0 Å². The van der Waals surface area contributed by atoms with Crippen molar-refractivity contribution in [1.29, 1.82) is 0 Å². The summed E-state index contributed by atoms with van der Waals surface area (Å²) >= 11 is 0. The average molecular weight is 224 g/mol. The van der Waals surface area contributed by atoms with E-state index >= 15 is 0 Å². The summed E-state index contributed by atoms with van der Waals surface area (Å²) in [4.78, 5) is 11.7. The van der Waals surface area contributed by atoms with E-state index in [9.17, 15) is 9.90 Å². The highest BCUT2D eigenvalue weighted by atomic mass is 16.4. The maximum atomic E-state index is 11.7. The Balaban J connectivity index is 1.95. The Morgan fingerprint density at radius 3 is 2.31 bits per heavy atom. The minimum Gasteiger partial charge on any atom is -0.481 e. The first-order valence-electron chi connectivity index (χ1n) is 6.50. The molecule has 4 rings (SSSR count). The van der Waals surface area contributed by atoms with Crippen molar-refractivity contribution in [1.82, 2.24) is 0 Å². The van der Waals surface area contributed by atoms with Crippen LogP contribution in [0.1, 0.15) is 38.5 Å². The van der Waals surface area contributed by atoms with Gasteiger partial charge in [-0.3, -0.25) is 4.79 Å². The maximum absolute atomic E-state index is 11.7. The van der Waals surface area contributed by atoms with Gasteiger partial charge in [0.05, 0.1) is 5.41 Å². The number of hydrogen-bond acceptors (Lipinski definition) is 2. The SMILES string of the molecule is O=C(O)C12CC3CC(CC(C3)C1CCO)C2. The van der Waals surface area contributed by atoms with Gasteiger partial charge in [-0.15, -0.1) is 0 Å². The van der Waals surface area contributed by atoms with Gasteiger partial charge in [-0.2, -0.15) is 0 Å². The molecule has 4 saturated carbocycles. The lowest BCUT2D eigenvalue weighted by Gasteiger charge is -2.59. The van der Waals surface area contributed by atoms with E-state index in [-0.39, 0.29) is 12.5 Å². The minimum atomic E-state index is -0.593. The van der Waals surface area contributed by atoms with E-state index in [4.69, 9.17) is 5.11 Å². The summed E-state index contributed by atoms with van der Waals surface area (Å²) in [5.74, 6) is 1.54. The Kier molecular flexibility index (Phi) is 2.29. The smallest absolute Gasteiger partial charge is 0.309 e. The highest BCUT2D eigenvalue weighted by Crippen LogP contribution is 2.63. The number of carbonyl (C=O) groups is 1. The van der Waals surface area contributed by atoms with Crippen LogP contribution in [0.5, 0.6) is 0 Å². The molecule has 2 N–H and O–H groups in total. The van der Waals surface area contributed by atoms with Crippen LogP contribution < -0.4 is 0 Å². The molecule has 4 bridgehead atoms. The fraction of sp³-hybridized carbons (Fsp3) is 0.923. The van der Waals surface area contributed by atoms with Crippen molar-refractivity contribution in [2.24, 2.45) is 29.1 Å². The van der Waals surface area contributed by atoms with Crippen LogP contribution >= 0.6 is 0 Å². The summed E-state index contributed by atoms with van der Waals surface area (Å²) < 4.78 is 0. The van der Waals surface area contributed by atoms with E-state index in [0.717, 1.165) is 12.8 Å². The van der Waals surface area contributed by atoms with Gasteiger partial charge in [0, 0.05) is 6.61 Å². The quantitative estimate of drug-likeness (QED) is 0.769. The topological polar surface area (TPSA) is 57.5 Å². The predicted molar refractivity (Wildman–Crippen MR) is 58.8 cm³/mol. The van der Waals surface area contributed by atoms with Gasteiger partial charge >= 0.3 is 5.97 Å². The molecule has 4 aliphatic carbocycles. The van der Waals surface area contributed by atoms with Crippen molar-refractivity contribution in [2.75, 3.05) is 6.61 Å². The Bertz CT molecular complexity index is 298. The van der Waals surface area contributed by atoms with Gasteiger partial charge in [0.15, 0.2) is 0 Å². The Labute approximate surface area is 95.9 Å². The molecule has 0 amide bonds. The molecule has 0 aromatic heterocycles. The summed E-state index contributed by atoms with van der Waals surface area (Å²) in [5.41, 5.74) is -0.475. The number of carboxylic acids is 1. The zero-order valence-electron chi connectivity index (χ0n) is 9.56. The van der Waals surface area contributed by atoms with Crippen molar-refractivity contribution >= 4 is 5.97 Å². The van der Waals surface area contributed by atoms with Crippen molar-refractivity contribution in [3.05, 3.63) is 0 Å².